The summed E-state index contributed by atoms with van der Waals surface area (Å²) in [7, 11) is 0. The Hall–Kier alpha value is -0.380. The van der Waals surface area contributed by atoms with Crippen molar-refractivity contribution in [3.05, 3.63) is 11.4 Å². The molecule has 0 amide bonds. The zero-order valence-corrected chi connectivity index (χ0v) is 15.7. The van der Waals surface area contributed by atoms with Crippen LogP contribution in [0.25, 0.3) is 0 Å². The minimum absolute atomic E-state index is 0.104. The molecule has 0 aromatic carbocycles. The zero-order valence-electron chi connectivity index (χ0n) is 15.7. The number of hydrogen-bond acceptors (Lipinski definition) is 2. The molecule has 3 heteroatoms. The predicted octanol–water partition coefficient (Wildman–Crippen LogP) is 3.67. The van der Waals surface area contributed by atoms with Gasteiger partial charge in [-0.1, -0.05) is 25.7 Å². The normalized spacial score (nSPS) is 53.0. The van der Waals surface area contributed by atoms with Crippen LogP contribution in [0.1, 0.15) is 77.0 Å². The van der Waals surface area contributed by atoms with Gasteiger partial charge in [0, 0.05) is 24.7 Å². The standard InChI is InChI=1S/C22H35N2O/c23-20-14-24-10-9-22(20,15-11-17(24)18(24)12-15)16-5-1-2-6-21(13-19(16)25)7-3-4-8-21/h15-16,19-20,25H,1-14,23H2/q+1. The smallest absolute Gasteiger partial charge is 0.171 e. The highest BCUT2D eigenvalue weighted by Crippen LogP contribution is 2.70. The average molecular weight is 344 g/mol. The fourth-order valence-electron chi connectivity index (χ4n) is 8.81. The van der Waals surface area contributed by atoms with Gasteiger partial charge in [-0.15, -0.1) is 0 Å². The third kappa shape index (κ3) is 1.83. The summed E-state index contributed by atoms with van der Waals surface area (Å²) in [6, 6.07) is 0.308. The van der Waals surface area contributed by atoms with Gasteiger partial charge in [-0.05, 0) is 49.4 Å². The van der Waals surface area contributed by atoms with Crippen LogP contribution in [-0.4, -0.2) is 34.8 Å². The van der Waals surface area contributed by atoms with E-state index in [1.54, 1.807) is 11.4 Å². The van der Waals surface area contributed by atoms with E-state index in [2.05, 4.69) is 0 Å². The number of allylic oxidation sites excluding steroid dienone is 2. The van der Waals surface area contributed by atoms with Crippen LogP contribution in [0.4, 0.5) is 0 Å². The summed E-state index contributed by atoms with van der Waals surface area (Å²) < 4.78 is 1.23. The Morgan fingerprint density at radius 3 is 2.32 bits per heavy atom. The van der Waals surface area contributed by atoms with E-state index in [1.807, 2.05) is 0 Å². The lowest BCUT2D eigenvalue weighted by molar-refractivity contribution is -0.797. The molecule has 2 saturated carbocycles. The maximum Gasteiger partial charge on any atom is 0.171 e. The Labute approximate surface area is 152 Å². The maximum atomic E-state index is 11.5. The van der Waals surface area contributed by atoms with Crippen LogP contribution in [-0.2, 0) is 0 Å². The van der Waals surface area contributed by atoms with Crippen LogP contribution in [0.15, 0.2) is 11.4 Å². The molecule has 3 N–H and O–H groups in total. The van der Waals surface area contributed by atoms with Crippen molar-refractivity contribution in [3.8, 4) is 0 Å². The van der Waals surface area contributed by atoms with Crippen molar-refractivity contribution in [2.45, 2.75) is 89.2 Å². The highest BCUT2D eigenvalue weighted by molar-refractivity contribution is 5.32. The summed E-state index contributed by atoms with van der Waals surface area (Å²) in [6.07, 6.45) is 15.7. The van der Waals surface area contributed by atoms with Crippen molar-refractivity contribution in [2.75, 3.05) is 13.1 Å². The fraction of sp³-hybridized carbons (Fsp3) is 0.909. The third-order valence-corrected chi connectivity index (χ3v) is 10.0. The first kappa shape index (κ1) is 15.7. The van der Waals surface area contributed by atoms with Gasteiger partial charge in [-0.2, -0.15) is 0 Å². The molecule has 5 bridgehead atoms. The molecule has 0 aromatic heterocycles. The number of nitrogens with zero attached hydrogens (tertiary/aromatic N) is 1. The molecule has 2 spiro atoms. The van der Waals surface area contributed by atoms with Gasteiger partial charge in [0.25, 0.3) is 0 Å². The number of rotatable bonds is 1. The zero-order chi connectivity index (χ0) is 16.9. The molecule has 5 saturated heterocycles. The molecule has 0 radical (unpaired) electrons. The molecule has 4 atom stereocenters. The minimum Gasteiger partial charge on any atom is -0.393 e. The van der Waals surface area contributed by atoms with Gasteiger partial charge >= 0.3 is 0 Å². The van der Waals surface area contributed by atoms with E-state index in [1.165, 1.54) is 81.7 Å². The Kier molecular flexibility index (Phi) is 3.07. The van der Waals surface area contributed by atoms with Crippen molar-refractivity contribution in [2.24, 2.45) is 28.4 Å². The first-order valence-corrected chi connectivity index (χ1v) is 11.1. The summed E-state index contributed by atoms with van der Waals surface area (Å²) in [5.41, 5.74) is 11.2. The molecule has 4 unspecified atom stereocenters. The second-order valence-corrected chi connectivity index (χ2v) is 10.7. The first-order chi connectivity index (χ1) is 12.1. The maximum absolute atomic E-state index is 11.5. The first-order valence-electron chi connectivity index (χ1n) is 11.1. The van der Waals surface area contributed by atoms with Crippen molar-refractivity contribution in [1.29, 1.82) is 0 Å². The summed E-state index contributed by atoms with van der Waals surface area (Å²) in [4.78, 5) is 0. The second-order valence-electron chi connectivity index (χ2n) is 10.7. The molecule has 25 heavy (non-hydrogen) atoms. The fourth-order valence-corrected chi connectivity index (χ4v) is 8.81. The number of aliphatic hydroxyl groups excluding tert-OH is 1. The van der Waals surface area contributed by atoms with E-state index < -0.39 is 0 Å². The Balaban J connectivity index is 1.35. The molecule has 9 aliphatic rings. The van der Waals surface area contributed by atoms with Crippen LogP contribution < -0.4 is 5.73 Å². The lowest BCUT2D eigenvalue weighted by atomic mass is 9.55. The van der Waals surface area contributed by atoms with Gasteiger partial charge in [0.1, 0.15) is 6.54 Å². The van der Waals surface area contributed by atoms with E-state index in [-0.39, 0.29) is 11.5 Å². The van der Waals surface area contributed by atoms with Gasteiger partial charge in [0.2, 0.25) is 0 Å². The topological polar surface area (TPSA) is 46.2 Å². The molecule has 6 heterocycles. The highest BCUT2D eigenvalue weighted by atomic mass is 16.3. The van der Waals surface area contributed by atoms with Crippen LogP contribution >= 0.6 is 0 Å². The van der Waals surface area contributed by atoms with Crippen molar-refractivity contribution >= 4 is 0 Å². The molecule has 0 aromatic rings. The molecule has 7 fully saturated rings. The summed E-state index contributed by atoms with van der Waals surface area (Å²) in [6.45, 7) is 2.47. The summed E-state index contributed by atoms with van der Waals surface area (Å²) in [5.74, 6) is 1.21. The van der Waals surface area contributed by atoms with E-state index in [4.69, 9.17) is 5.73 Å². The predicted molar refractivity (Wildman–Crippen MR) is 98.3 cm³/mol. The third-order valence-electron chi connectivity index (χ3n) is 10.0. The van der Waals surface area contributed by atoms with E-state index in [0.29, 0.717) is 17.4 Å². The van der Waals surface area contributed by atoms with Crippen molar-refractivity contribution in [1.82, 2.24) is 0 Å². The molecule has 3 nitrogen and oxygen atoms in total. The number of nitrogens with two attached hydrogens (primary N) is 1. The Bertz CT molecular complexity index is 618. The summed E-state index contributed by atoms with van der Waals surface area (Å²) >= 11 is 0. The molecular formula is C22H35N2O+. The lowest BCUT2D eigenvalue weighted by Crippen LogP contribution is -2.61. The number of hydrogen-bond donors (Lipinski definition) is 2. The molecule has 138 valence electrons. The SMILES string of the molecule is NC1C[N+]23CCC1(C1CCCCC4(CCCC4)CC1O)C1CC2=C3C1. The Morgan fingerprint density at radius 2 is 1.64 bits per heavy atom. The lowest BCUT2D eigenvalue weighted by Gasteiger charge is -2.52. The quantitative estimate of drug-likeness (QED) is 0.714. The molecule has 6 aliphatic heterocycles. The van der Waals surface area contributed by atoms with Crippen LogP contribution in [0.5, 0.6) is 0 Å². The van der Waals surface area contributed by atoms with Crippen LogP contribution in [0, 0.1) is 22.7 Å². The van der Waals surface area contributed by atoms with E-state index >= 15 is 0 Å². The van der Waals surface area contributed by atoms with E-state index in [9.17, 15) is 5.11 Å². The highest BCUT2D eigenvalue weighted by Gasteiger charge is 2.74. The van der Waals surface area contributed by atoms with Crippen molar-refractivity contribution < 1.29 is 9.59 Å². The van der Waals surface area contributed by atoms with Crippen LogP contribution in [0.3, 0.4) is 0 Å². The Morgan fingerprint density at radius 1 is 0.960 bits per heavy atom. The minimum atomic E-state index is -0.104. The number of piperidine rings is 2. The molecule has 3 aliphatic carbocycles. The van der Waals surface area contributed by atoms with E-state index in [0.717, 1.165) is 18.9 Å². The summed E-state index contributed by atoms with van der Waals surface area (Å²) in [5, 5.41) is 11.5. The van der Waals surface area contributed by atoms with Gasteiger partial charge < -0.3 is 10.8 Å². The molecular weight excluding hydrogens is 308 g/mol. The van der Waals surface area contributed by atoms with Gasteiger partial charge in [-0.25, -0.2) is 0 Å². The number of quaternary nitrogens is 1. The van der Waals surface area contributed by atoms with Crippen molar-refractivity contribution in [3.63, 3.8) is 0 Å². The second kappa shape index (κ2) is 4.91. The number of aliphatic hydroxyl groups is 1. The van der Waals surface area contributed by atoms with Gasteiger partial charge in [0.15, 0.2) is 11.4 Å². The largest absolute Gasteiger partial charge is 0.393 e. The van der Waals surface area contributed by atoms with Gasteiger partial charge in [-0.3, -0.25) is 4.48 Å². The molecule has 9 rings (SSSR count). The monoisotopic (exact) mass is 343 g/mol. The van der Waals surface area contributed by atoms with Gasteiger partial charge in [0.05, 0.1) is 18.7 Å². The average Bonchev–Trinajstić information content (AvgIpc) is 2.90. The van der Waals surface area contributed by atoms with Crippen LogP contribution in [0.2, 0.25) is 0 Å².